The standard InChI is InChI=1S/C19H18ClN3O3S3/c20-16-9-10-17(28-16)29(25,26)23-11-5-4-8-15(23)18(24)22-19-21-14(12-27-19)13-6-2-1-3-7-13/h1-3,6-7,9-10,12,15H,4-5,8,11H2,(H,21,22,24). The number of carbonyl (C=O) groups excluding carboxylic acids is 1. The summed E-state index contributed by atoms with van der Waals surface area (Å²) in [6, 6.07) is 11.9. The van der Waals surface area contributed by atoms with E-state index in [0.29, 0.717) is 22.4 Å². The number of nitrogens with one attached hydrogen (secondary N) is 1. The van der Waals surface area contributed by atoms with Crippen LogP contribution in [0.4, 0.5) is 5.13 Å². The maximum absolute atomic E-state index is 13.0. The van der Waals surface area contributed by atoms with Crippen molar-refractivity contribution in [3.8, 4) is 11.3 Å². The van der Waals surface area contributed by atoms with E-state index in [1.54, 1.807) is 6.07 Å². The zero-order chi connectivity index (χ0) is 20.4. The number of hydrogen-bond acceptors (Lipinski definition) is 6. The Morgan fingerprint density at radius 3 is 2.69 bits per heavy atom. The number of thiazole rings is 1. The molecule has 0 radical (unpaired) electrons. The van der Waals surface area contributed by atoms with Crippen molar-refractivity contribution in [3.05, 3.63) is 52.2 Å². The Labute approximate surface area is 182 Å². The maximum Gasteiger partial charge on any atom is 0.253 e. The number of amides is 1. The van der Waals surface area contributed by atoms with E-state index in [-0.39, 0.29) is 10.1 Å². The van der Waals surface area contributed by atoms with Gasteiger partial charge in [0.05, 0.1) is 10.0 Å². The third-order valence-electron chi connectivity index (χ3n) is 4.67. The van der Waals surface area contributed by atoms with E-state index in [4.69, 9.17) is 11.6 Å². The smallest absolute Gasteiger partial charge is 0.253 e. The van der Waals surface area contributed by atoms with E-state index >= 15 is 0 Å². The summed E-state index contributed by atoms with van der Waals surface area (Å²) >= 11 is 8.23. The van der Waals surface area contributed by atoms with Crippen LogP contribution in [0.15, 0.2) is 52.1 Å². The zero-order valence-electron chi connectivity index (χ0n) is 15.2. The summed E-state index contributed by atoms with van der Waals surface area (Å²) in [5.41, 5.74) is 1.73. The molecule has 1 aromatic carbocycles. The lowest BCUT2D eigenvalue weighted by Gasteiger charge is -2.32. The summed E-state index contributed by atoms with van der Waals surface area (Å²) in [5.74, 6) is -0.357. The van der Waals surface area contributed by atoms with Gasteiger partial charge in [-0.15, -0.1) is 22.7 Å². The first-order valence-corrected chi connectivity index (χ1v) is 12.6. The third-order valence-corrected chi connectivity index (χ3v) is 9.04. The van der Waals surface area contributed by atoms with E-state index in [1.807, 2.05) is 35.7 Å². The number of anilines is 1. The van der Waals surface area contributed by atoms with Crippen LogP contribution in [-0.2, 0) is 14.8 Å². The maximum atomic E-state index is 13.0. The molecule has 4 rings (SSSR count). The Hall–Kier alpha value is -1.78. The topological polar surface area (TPSA) is 79.4 Å². The SMILES string of the molecule is O=C(Nc1nc(-c2ccccc2)cs1)C1CCCCN1S(=O)(=O)c1ccc(Cl)s1. The molecule has 1 amide bonds. The normalized spacial score (nSPS) is 17.9. The van der Waals surface area contributed by atoms with Crippen LogP contribution in [0.2, 0.25) is 4.34 Å². The summed E-state index contributed by atoms with van der Waals surface area (Å²) < 4.78 is 27.9. The summed E-state index contributed by atoms with van der Waals surface area (Å²) in [6.07, 6.45) is 1.99. The van der Waals surface area contributed by atoms with E-state index < -0.39 is 16.1 Å². The van der Waals surface area contributed by atoms with E-state index in [0.717, 1.165) is 35.4 Å². The lowest BCUT2D eigenvalue weighted by Crippen LogP contribution is -2.49. The highest BCUT2D eigenvalue weighted by atomic mass is 35.5. The highest BCUT2D eigenvalue weighted by Crippen LogP contribution is 2.32. The summed E-state index contributed by atoms with van der Waals surface area (Å²) in [6.45, 7) is 0.309. The lowest BCUT2D eigenvalue weighted by atomic mass is 10.0. The fraction of sp³-hybridized carbons (Fsp3) is 0.263. The highest BCUT2D eigenvalue weighted by molar-refractivity contribution is 7.91. The minimum Gasteiger partial charge on any atom is -0.301 e. The number of piperidine rings is 1. The van der Waals surface area contributed by atoms with Crippen LogP contribution in [0.1, 0.15) is 19.3 Å². The van der Waals surface area contributed by atoms with Crippen LogP contribution < -0.4 is 5.32 Å². The van der Waals surface area contributed by atoms with Gasteiger partial charge in [0.2, 0.25) is 5.91 Å². The fourth-order valence-electron chi connectivity index (χ4n) is 3.27. The first kappa shape index (κ1) is 20.5. The number of rotatable bonds is 5. The number of nitrogens with zero attached hydrogens (tertiary/aromatic N) is 2. The van der Waals surface area contributed by atoms with Gasteiger partial charge in [0.15, 0.2) is 5.13 Å². The number of benzene rings is 1. The molecule has 0 aliphatic carbocycles. The highest BCUT2D eigenvalue weighted by Gasteiger charge is 2.38. The fourth-order valence-corrected chi connectivity index (χ4v) is 7.26. The van der Waals surface area contributed by atoms with Gasteiger partial charge in [0.1, 0.15) is 10.3 Å². The largest absolute Gasteiger partial charge is 0.301 e. The van der Waals surface area contributed by atoms with Crippen molar-refractivity contribution in [2.45, 2.75) is 29.5 Å². The van der Waals surface area contributed by atoms with Gasteiger partial charge in [-0.1, -0.05) is 48.4 Å². The molecule has 152 valence electrons. The van der Waals surface area contributed by atoms with E-state index in [1.165, 1.54) is 21.7 Å². The van der Waals surface area contributed by atoms with Gasteiger partial charge in [0, 0.05) is 17.5 Å². The molecular formula is C19H18ClN3O3S3. The van der Waals surface area contributed by atoms with Crippen molar-refractivity contribution in [3.63, 3.8) is 0 Å². The first-order valence-electron chi connectivity index (χ1n) is 9.04. The number of aromatic nitrogens is 1. The minimum atomic E-state index is -3.78. The molecule has 6 nitrogen and oxygen atoms in total. The Morgan fingerprint density at radius 1 is 1.17 bits per heavy atom. The molecule has 3 aromatic rings. The molecule has 1 fully saturated rings. The molecule has 2 aromatic heterocycles. The van der Waals surface area contributed by atoms with E-state index in [9.17, 15) is 13.2 Å². The second-order valence-corrected chi connectivity index (χ2v) is 11.3. The zero-order valence-corrected chi connectivity index (χ0v) is 18.5. The van der Waals surface area contributed by atoms with Crippen LogP contribution in [0.5, 0.6) is 0 Å². The quantitative estimate of drug-likeness (QED) is 0.589. The Morgan fingerprint density at radius 2 is 1.97 bits per heavy atom. The predicted octanol–water partition coefficient (Wildman–Crippen LogP) is 4.71. The molecule has 0 spiro atoms. The predicted molar refractivity (Wildman–Crippen MR) is 117 cm³/mol. The van der Waals surface area contributed by atoms with Gasteiger partial charge in [-0.3, -0.25) is 4.79 Å². The van der Waals surface area contributed by atoms with Gasteiger partial charge in [-0.25, -0.2) is 13.4 Å². The first-order chi connectivity index (χ1) is 13.9. The average Bonchev–Trinajstić information content (AvgIpc) is 3.38. The van der Waals surface area contributed by atoms with Crippen LogP contribution in [0.25, 0.3) is 11.3 Å². The second kappa shape index (κ2) is 8.53. The van der Waals surface area contributed by atoms with Crippen molar-refractivity contribution in [1.82, 2.24) is 9.29 Å². The van der Waals surface area contributed by atoms with Gasteiger partial charge >= 0.3 is 0 Å². The number of hydrogen-bond donors (Lipinski definition) is 1. The van der Waals surface area contributed by atoms with Gasteiger partial charge in [-0.2, -0.15) is 4.31 Å². The Bertz CT molecular complexity index is 1110. The molecule has 1 unspecified atom stereocenters. The van der Waals surface area contributed by atoms with Crippen LogP contribution in [-0.4, -0.2) is 36.2 Å². The number of sulfonamides is 1. The Kier molecular flexibility index (Phi) is 6.03. The molecule has 29 heavy (non-hydrogen) atoms. The van der Waals surface area contributed by atoms with Crippen molar-refractivity contribution >= 4 is 55.3 Å². The Balaban J connectivity index is 1.53. The van der Waals surface area contributed by atoms with Gasteiger partial charge < -0.3 is 5.32 Å². The van der Waals surface area contributed by atoms with Crippen molar-refractivity contribution < 1.29 is 13.2 Å². The molecule has 0 bridgehead atoms. The summed E-state index contributed by atoms with van der Waals surface area (Å²) in [5, 5.41) is 5.12. The molecule has 1 aliphatic heterocycles. The van der Waals surface area contributed by atoms with E-state index in [2.05, 4.69) is 10.3 Å². The van der Waals surface area contributed by atoms with Crippen molar-refractivity contribution in [2.24, 2.45) is 0 Å². The van der Waals surface area contributed by atoms with Crippen molar-refractivity contribution in [2.75, 3.05) is 11.9 Å². The van der Waals surface area contributed by atoms with Crippen molar-refractivity contribution in [1.29, 1.82) is 0 Å². The number of thiophene rings is 1. The molecule has 0 saturated carbocycles. The van der Waals surface area contributed by atoms with Crippen LogP contribution >= 0.6 is 34.3 Å². The van der Waals surface area contributed by atoms with Gasteiger partial charge in [-0.05, 0) is 25.0 Å². The summed E-state index contributed by atoms with van der Waals surface area (Å²) in [7, 11) is -3.78. The lowest BCUT2D eigenvalue weighted by molar-refractivity contribution is -0.120. The molecule has 1 aliphatic rings. The molecule has 1 N–H and O–H groups in total. The number of carbonyl (C=O) groups is 1. The average molecular weight is 468 g/mol. The molecule has 3 heterocycles. The second-order valence-electron chi connectivity index (χ2n) is 6.58. The number of halogens is 1. The molecule has 1 atom stereocenters. The molecule has 1 saturated heterocycles. The molecular weight excluding hydrogens is 450 g/mol. The monoisotopic (exact) mass is 467 g/mol. The summed E-state index contributed by atoms with van der Waals surface area (Å²) in [4.78, 5) is 17.4. The minimum absolute atomic E-state index is 0.155. The van der Waals surface area contributed by atoms with Gasteiger partial charge in [0.25, 0.3) is 10.0 Å². The molecule has 10 heteroatoms. The van der Waals surface area contributed by atoms with Crippen LogP contribution in [0.3, 0.4) is 0 Å². The third kappa shape index (κ3) is 4.39. The van der Waals surface area contributed by atoms with Crippen LogP contribution in [0, 0.1) is 0 Å².